The van der Waals surface area contributed by atoms with Crippen molar-refractivity contribution in [1.82, 2.24) is 25.2 Å². The number of piperidine rings is 1. The molecule has 0 atom stereocenters. The first-order chi connectivity index (χ1) is 13.6. The Labute approximate surface area is 167 Å². The minimum absolute atomic E-state index is 0.106. The predicted octanol–water partition coefficient (Wildman–Crippen LogP) is 3.27. The van der Waals surface area contributed by atoms with Gasteiger partial charge in [-0.3, -0.25) is 4.79 Å². The molecule has 0 bridgehead atoms. The zero-order valence-corrected chi connectivity index (χ0v) is 17.0. The lowest BCUT2D eigenvalue weighted by Gasteiger charge is -2.33. The minimum atomic E-state index is -0.106. The summed E-state index contributed by atoms with van der Waals surface area (Å²) in [6.45, 7) is 7.35. The normalized spacial score (nSPS) is 19.2. The van der Waals surface area contributed by atoms with Crippen molar-refractivity contribution in [3.63, 3.8) is 0 Å². The van der Waals surface area contributed by atoms with Crippen LogP contribution in [0.25, 0.3) is 5.69 Å². The molecule has 2 heterocycles. The van der Waals surface area contributed by atoms with E-state index in [1.54, 1.807) is 4.68 Å². The van der Waals surface area contributed by atoms with E-state index < -0.39 is 0 Å². The Morgan fingerprint density at radius 1 is 1.07 bits per heavy atom. The van der Waals surface area contributed by atoms with E-state index >= 15 is 0 Å². The van der Waals surface area contributed by atoms with Gasteiger partial charge in [0.1, 0.15) is 0 Å². The minimum Gasteiger partial charge on any atom is -0.348 e. The van der Waals surface area contributed by atoms with Crippen LogP contribution < -0.4 is 5.32 Å². The summed E-state index contributed by atoms with van der Waals surface area (Å²) in [4.78, 5) is 15.3. The maximum atomic E-state index is 12.8. The number of benzene rings is 1. The Balaban J connectivity index is 1.32. The molecule has 6 nitrogen and oxygen atoms in total. The predicted molar refractivity (Wildman–Crippen MR) is 110 cm³/mol. The van der Waals surface area contributed by atoms with Gasteiger partial charge in [-0.15, -0.1) is 5.10 Å². The average molecular weight is 382 g/mol. The lowest BCUT2D eigenvalue weighted by atomic mass is 10.0. The highest BCUT2D eigenvalue weighted by atomic mass is 16.2. The van der Waals surface area contributed by atoms with E-state index in [1.807, 2.05) is 31.2 Å². The molecule has 1 saturated heterocycles. The first-order valence-electron chi connectivity index (χ1n) is 10.6. The topological polar surface area (TPSA) is 63.1 Å². The van der Waals surface area contributed by atoms with Gasteiger partial charge in [0.2, 0.25) is 0 Å². The van der Waals surface area contributed by atoms with Gasteiger partial charge in [-0.05, 0) is 57.6 Å². The summed E-state index contributed by atoms with van der Waals surface area (Å²) in [5.41, 5.74) is 3.32. The Hall–Kier alpha value is -2.21. The van der Waals surface area contributed by atoms with E-state index in [2.05, 4.69) is 27.5 Å². The summed E-state index contributed by atoms with van der Waals surface area (Å²) in [6, 6.07) is 8.30. The molecule has 28 heavy (non-hydrogen) atoms. The summed E-state index contributed by atoms with van der Waals surface area (Å²) >= 11 is 0. The van der Waals surface area contributed by atoms with Crippen LogP contribution in [-0.2, 0) is 0 Å². The van der Waals surface area contributed by atoms with Crippen LogP contribution in [0.5, 0.6) is 0 Å². The standard InChI is InChI=1S/C22H31N5O/c1-16-7-9-20(10-8-16)27-17(2)21(24-25-27)22(28)23-19-11-13-26(14-12-19)15-18-5-3-4-6-18/h7-10,18-19H,3-6,11-15H2,1-2H3,(H,23,28). The van der Waals surface area contributed by atoms with Crippen molar-refractivity contribution in [1.29, 1.82) is 0 Å². The molecule has 2 aliphatic rings. The number of nitrogens with zero attached hydrogens (tertiary/aromatic N) is 4. The van der Waals surface area contributed by atoms with E-state index in [4.69, 9.17) is 0 Å². The molecule has 2 aromatic rings. The molecule has 1 N–H and O–H groups in total. The van der Waals surface area contributed by atoms with Crippen LogP contribution in [0.3, 0.4) is 0 Å². The highest BCUT2D eigenvalue weighted by Gasteiger charge is 2.26. The fraction of sp³-hybridized carbons (Fsp3) is 0.591. The number of rotatable bonds is 5. The number of carbonyl (C=O) groups is 1. The van der Waals surface area contributed by atoms with Crippen molar-refractivity contribution in [2.75, 3.05) is 19.6 Å². The highest BCUT2D eigenvalue weighted by Crippen LogP contribution is 2.26. The van der Waals surface area contributed by atoms with Gasteiger partial charge >= 0.3 is 0 Å². The molecule has 2 fully saturated rings. The molecule has 150 valence electrons. The zero-order valence-electron chi connectivity index (χ0n) is 17.0. The van der Waals surface area contributed by atoms with Crippen molar-refractivity contribution >= 4 is 5.91 Å². The Morgan fingerprint density at radius 2 is 1.75 bits per heavy atom. The van der Waals surface area contributed by atoms with E-state index in [-0.39, 0.29) is 11.9 Å². The van der Waals surface area contributed by atoms with Crippen molar-refractivity contribution in [3.8, 4) is 5.69 Å². The van der Waals surface area contributed by atoms with Gasteiger partial charge in [-0.1, -0.05) is 35.8 Å². The second kappa shape index (κ2) is 8.43. The quantitative estimate of drug-likeness (QED) is 0.863. The molecule has 1 saturated carbocycles. The fourth-order valence-corrected chi connectivity index (χ4v) is 4.54. The van der Waals surface area contributed by atoms with Gasteiger partial charge in [0.15, 0.2) is 5.69 Å². The number of carbonyl (C=O) groups excluding carboxylic acids is 1. The fourth-order valence-electron chi connectivity index (χ4n) is 4.54. The van der Waals surface area contributed by atoms with Crippen molar-refractivity contribution < 1.29 is 4.79 Å². The smallest absolute Gasteiger partial charge is 0.273 e. The number of hydrogen-bond donors (Lipinski definition) is 1. The first-order valence-corrected chi connectivity index (χ1v) is 10.6. The van der Waals surface area contributed by atoms with Crippen LogP contribution in [0.2, 0.25) is 0 Å². The van der Waals surface area contributed by atoms with Crippen molar-refractivity contribution in [2.24, 2.45) is 5.92 Å². The van der Waals surface area contributed by atoms with Gasteiger partial charge in [-0.25, -0.2) is 4.68 Å². The average Bonchev–Trinajstić information content (AvgIpc) is 3.34. The van der Waals surface area contributed by atoms with E-state index in [0.717, 1.165) is 43.2 Å². The third-order valence-electron chi connectivity index (χ3n) is 6.30. The molecule has 4 rings (SSSR count). The number of aromatic nitrogens is 3. The summed E-state index contributed by atoms with van der Waals surface area (Å²) in [5, 5.41) is 11.5. The van der Waals surface area contributed by atoms with Crippen LogP contribution in [0.1, 0.15) is 60.3 Å². The van der Waals surface area contributed by atoms with Gasteiger partial charge in [-0.2, -0.15) is 0 Å². The second-order valence-corrected chi connectivity index (χ2v) is 8.47. The van der Waals surface area contributed by atoms with Gasteiger partial charge in [0.25, 0.3) is 5.91 Å². The maximum absolute atomic E-state index is 12.8. The van der Waals surface area contributed by atoms with Crippen LogP contribution >= 0.6 is 0 Å². The summed E-state index contributed by atoms with van der Waals surface area (Å²) in [7, 11) is 0. The molecule has 0 radical (unpaired) electrons. The van der Waals surface area contributed by atoms with Crippen LogP contribution in [0, 0.1) is 19.8 Å². The Morgan fingerprint density at radius 3 is 2.43 bits per heavy atom. The monoisotopic (exact) mass is 381 g/mol. The molecular formula is C22H31N5O. The van der Waals surface area contributed by atoms with Crippen LogP contribution in [-0.4, -0.2) is 51.5 Å². The molecule has 6 heteroatoms. The molecule has 1 aliphatic carbocycles. The molecule has 0 unspecified atom stereocenters. The number of nitrogens with one attached hydrogen (secondary N) is 1. The number of hydrogen-bond acceptors (Lipinski definition) is 4. The summed E-state index contributed by atoms with van der Waals surface area (Å²) < 4.78 is 1.73. The van der Waals surface area contributed by atoms with Crippen LogP contribution in [0.4, 0.5) is 0 Å². The molecule has 0 spiro atoms. The van der Waals surface area contributed by atoms with E-state index in [0.29, 0.717) is 5.69 Å². The third kappa shape index (κ3) is 4.27. The molecule has 1 amide bonds. The van der Waals surface area contributed by atoms with Gasteiger partial charge in [0, 0.05) is 25.7 Å². The van der Waals surface area contributed by atoms with Crippen molar-refractivity contribution in [2.45, 2.75) is 58.4 Å². The second-order valence-electron chi connectivity index (χ2n) is 8.47. The van der Waals surface area contributed by atoms with Crippen LogP contribution in [0.15, 0.2) is 24.3 Å². The van der Waals surface area contributed by atoms with E-state index in [1.165, 1.54) is 37.8 Å². The molecule has 1 aromatic heterocycles. The van der Waals surface area contributed by atoms with Gasteiger partial charge < -0.3 is 10.2 Å². The molecule has 1 aliphatic heterocycles. The lowest BCUT2D eigenvalue weighted by Crippen LogP contribution is -2.45. The number of likely N-dealkylation sites (tertiary alicyclic amines) is 1. The number of amides is 1. The number of aryl methyl sites for hydroxylation is 1. The van der Waals surface area contributed by atoms with Gasteiger partial charge in [0.05, 0.1) is 11.4 Å². The third-order valence-corrected chi connectivity index (χ3v) is 6.30. The lowest BCUT2D eigenvalue weighted by molar-refractivity contribution is 0.0900. The molecular weight excluding hydrogens is 350 g/mol. The Kier molecular flexibility index (Phi) is 5.76. The zero-order chi connectivity index (χ0) is 19.5. The van der Waals surface area contributed by atoms with Crippen molar-refractivity contribution in [3.05, 3.63) is 41.2 Å². The van der Waals surface area contributed by atoms with E-state index in [9.17, 15) is 4.79 Å². The maximum Gasteiger partial charge on any atom is 0.273 e. The first kappa shape index (κ1) is 19.1. The molecule has 1 aromatic carbocycles. The largest absolute Gasteiger partial charge is 0.348 e. The Bertz CT molecular complexity index is 799. The SMILES string of the molecule is Cc1ccc(-n2nnc(C(=O)NC3CCN(CC4CCCC4)CC3)c2C)cc1. The highest BCUT2D eigenvalue weighted by molar-refractivity contribution is 5.93. The summed E-state index contributed by atoms with van der Waals surface area (Å²) in [6.07, 6.45) is 7.63. The summed E-state index contributed by atoms with van der Waals surface area (Å²) in [5.74, 6) is 0.788.